The van der Waals surface area contributed by atoms with Gasteiger partial charge in [-0.2, -0.15) is 0 Å². The zero-order valence-corrected chi connectivity index (χ0v) is 14.5. The molecule has 0 unspecified atom stereocenters. The van der Waals surface area contributed by atoms with Gasteiger partial charge in [0.15, 0.2) is 5.78 Å². The maximum atomic E-state index is 12.2. The zero-order chi connectivity index (χ0) is 16.7. The molecule has 0 saturated carbocycles. The van der Waals surface area contributed by atoms with Gasteiger partial charge in [0.1, 0.15) is 0 Å². The summed E-state index contributed by atoms with van der Waals surface area (Å²) in [6.07, 6.45) is 0.322. The van der Waals surface area contributed by atoms with Gasteiger partial charge < -0.3 is 10.2 Å². The number of nitrogens with zero attached hydrogens (tertiary/aromatic N) is 1. The van der Waals surface area contributed by atoms with Crippen molar-refractivity contribution in [1.82, 2.24) is 10.2 Å². The fourth-order valence-corrected chi connectivity index (χ4v) is 3.17. The molecule has 0 aliphatic rings. The van der Waals surface area contributed by atoms with E-state index in [0.717, 1.165) is 9.75 Å². The molecular formula is C16H24N2O3S. The van der Waals surface area contributed by atoms with E-state index in [2.05, 4.69) is 5.32 Å². The highest BCUT2D eigenvalue weighted by molar-refractivity contribution is 7.12. The average molecular weight is 324 g/mol. The number of Topliss-reactive ketones (excluding diaryl/α,β-unsaturated/α-hetero) is 1. The van der Waals surface area contributed by atoms with Crippen molar-refractivity contribution in [3.8, 4) is 0 Å². The average Bonchev–Trinajstić information content (AvgIpc) is 2.81. The quantitative estimate of drug-likeness (QED) is 0.746. The predicted octanol–water partition coefficient (Wildman–Crippen LogP) is 2.31. The molecule has 1 aromatic rings. The lowest BCUT2D eigenvalue weighted by atomic mass is 10.1. The van der Waals surface area contributed by atoms with E-state index in [1.54, 1.807) is 11.3 Å². The van der Waals surface area contributed by atoms with Crippen molar-refractivity contribution in [3.05, 3.63) is 21.4 Å². The van der Waals surface area contributed by atoms with E-state index in [-0.39, 0.29) is 37.0 Å². The van der Waals surface area contributed by atoms with Crippen molar-refractivity contribution in [3.63, 3.8) is 0 Å². The molecule has 2 amide bonds. The summed E-state index contributed by atoms with van der Waals surface area (Å²) in [6.45, 7) is 8.59. The number of hydrogen-bond donors (Lipinski definition) is 1. The van der Waals surface area contributed by atoms with Crippen molar-refractivity contribution >= 4 is 28.9 Å². The third kappa shape index (κ3) is 5.26. The first-order chi connectivity index (χ1) is 10.4. The Morgan fingerprint density at radius 2 is 1.86 bits per heavy atom. The van der Waals surface area contributed by atoms with Gasteiger partial charge in [0, 0.05) is 41.2 Å². The van der Waals surface area contributed by atoms with E-state index in [9.17, 15) is 14.4 Å². The summed E-state index contributed by atoms with van der Waals surface area (Å²) in [5, 5.41) is 2.67. The fraction of sp³-hybridized carbons (Fsp3) is 0.562. The van der Waals surface area contributed by atoms with E-state index in [0.29, 0.717) is 18.7 Å². The highest BCUT2D eigenvalue weighted by Gasteiger charge is 2.18. The molecule has 122 valence electrons. The molecule has 1 rings (SSSR count). The van der Waals surface area contributed by atoms with Gasteiger partial charge in [-0.05, 0) is 33.8 Å². The van der Waals surface area contributed by atoms with Gasteiger partial charge in [-0.1, -0.05) is 0 Å². The topological polar surface area (TPSA) is 66.5 Å². The molecule has 0 saturated heterocycles. The molecular weight excluding hydrogens is 300 g/mol. The van der Waals surface area contributed by atoms with E-state index >= 15 is 0 Å². The van der Waals surface area contributed by atoms with Crippen LogP contribution >= 0.6 is 11.3 Å². The molecule has 0 aliphatic heterocycles. The van der Waals surface area contributed by atoms with Crippen LogP contribution in [0.3, 0.4) is 0 Å². The zero-order valence-electron chi connectivity index (χ0n) is 13.7. The summed E-state index contributed by atoms with van der Waals surface area (Å²) < 4.78 is 0. The third-order valence-electron chi connectivity index (χ3n) is 3.35. The van der Waals surface area contributed by atoms with Gasteiger partial charge in [0.25, 0.3) is 0 Å². The Morgan fingerprint density at radius 1 is 1.18 bits per heavy atom. The summed E-state index contributed by atoms with van der Waals surface area (Å²) >= 11 is 1.59. The number of rotatable bonds is 8. The van der Waals surface area contributed by atoms with Gasteiger partial charge in [0.2, 0.25) is 11.8 Å². The first-order valence-corrected chi connectivity index (χ1v) is 8.35. The SMILES string of the molecule is CCNC(=O)CN(CC)C(=O)CCC(=O)c1cc(C)sc1C. The molecule has 1 N–H and O–H groups in total. The first-order valence-electron chi connectivity index (χ1n) is 7.53. The Balaban J connectivity index is 2.54. The number of nitrogens with one attached hydrogen (secondary N) is 1. The lowest BCUT2D eigenvalue weighted by Gasteiger charge is -2.20. The second-order valence-corrected chi connectivity index (χ2v) is 6.57. The smallest absolute Gasteiger partial charge is 0.239 e. The molecule has 5 nitrogen and oxygen atoms in total. The van der Waals surface area contributed by atoms with Gasteiger partial charge in [-0.3, -0.25) is 14.4 Å². The largest absolute Gasteiger partial charge is 0.355 e. The van der Waals surface area contributed by atoms with Gasteiger partial charge in [-0.15, -0.1) is 11.3 Å². The molecule has 6 heteroatoms. The molecule has 0 atom stereocenters. The van der Waals surface area contributed by atoms with Crippen molar-refractivity contribution in [2.45, 2.75) is 40.5 Å². The van der Waals surface area contributed by atoms with E-state index in [1.807, 2.05) is 33.8 Å². The molecule has 1 aromatic heterocycles. The van der Waals surface area contributed by atoms with Crippen molar-refractivity contribution < 1.29 is 14.4 Å². The number of aryl methyl sites for hydroxylation is 2. The van der Waals surface area contributed by atoms with Crippen LogP contribution in [-0.4, -0.2) is 42.1 Å². The van der Waals surface area contributed by atoms with Crippen LogP contribution in [0.2, 0.25) is 0 Å². The maximum absolute atomic E-state index is 12.2. The maximum Gasteiger partial charge on any atom is 0.239 e. The minimum atomic E-state index is -0.173. The summed E-state index contributed by atoms with van der Waals surface area (Å²) in [4.78, 5) is 39.4. The number of amides is 2. The first kappa shape index (κ1) is 18.4. The van der Waals surface area contributed by atoms with Crippen molar-refractivity contribution in [1.29, 1.82) is 0 Å². The van der Waals surface area contributed by atoms with Crippen LogP contribution in [0.5, 0.6) is 0 Å². The van der Waals surface area contributed by atoms with Crippen molar-refractivity contribution in [2.75, 3.05) is 19.6 Å². The molecule has 0 bridgehead atoms. The minimum Gasteiger partial charge on any atom is -0.355 e. The second kappa shape index (κ2) is 8.68. The summed E-state index contributed by atoms with van der Waals surface area (Å²) in [6, 6.07) is 1.87. The lowest BCUT2D eigenvalue weighted by Crippen LogP contribution is -2.40. The molecule has 0 radical (unpaired) electrons. The molecule has 0 aromatic carbocycles. The summed E-state index contributed by atoms with van der Waals surface area (Å²) in [5.41, 5.74) is 0.710. The highest BCUT2D eigenvalue weighted by atomic mass is 32.1. The van der Waals surface area contributed by atoms with Crippen LogP contribution in [0, 0.1) is 13.8 Å². The Labute approximate surface area is 135 Å². The van der Waals surface area contributed by atoms with Gasteiger partial charge >= 0.3 is 0 Å². The van der Waals surface area contributed by atoms with Crippen LogP contribution in [-0.2, 0) is 9.59 Å². The third-order valence-corrected chi connectivity index (χ3v) is 4.32. The normalized spacial score (nSPS) is 10.4. The van der Waals surface area contributed by atoms with Gasteiger partial charge in [0.05, 0.1) is 6.54 Å². The van der Waals surface area contributed by atoms with Crippen LogP contribution in [0.1, 0.15) is 46.8 Å². The predicted molar refractivity (Wildman–Crippen MR) is 88.3 cm³/mol. The number of hydrogen-bond acceptors (Lipinski definition) is 4. The fourth-order valence-electron chi connectivity index (χ4n) is 2.22. The Kier molecular flexibility index (Phi) is 7.24. The van der Waals surface area contributed by atoms with Crippen LogP contribution < -0.4 is 5.32 Å². The van der Waals surface area contributed by atoms with Crippen LogP contribution in [0.4, 0.5) is 0 Å². The molecule has 0 fully saturated rings. The number of thiophene rings is 1. The summed E-state index contributed by atoms with van der Waals surface area (Å²) in [5.74, 6) is -0.343. The van der Waals surface area contributed by atoms with Crippen molar-refractivity contribution in [2.24, 2.45) is 0 Å². The van der Waals surface area contributed by atoms with Crippen LogP contribution in [0.25, 0.3) is 0 Å². The number of likely N-dealkylation sites (N-methyl/N-ethyl adjacent to an activating group) is 2. The van der Waals surface area contributed by atoms with E-state index in [1.165, 1.54) is 4.90 Å². The standard InChI is InChI=1S/C16H24N2O3S/c1-5-17-15(20)10-18(6-2)16(21)8-7-14(19)13-9-11(3)22-12(13)4/h9H,5-8,10H2,1-4H3,(H,17,20). The van der Waals surface area contributed by atoms with E-state index < -0.39 is 0 Å². The minimum absolute atomic E-state index is 0.00994. The Hall–Kier alpha value is -1.69. The lowest BCUT2D eigenvalue weighted by molar-refractivity contribution is -0.135. The molecule has 0 spiro atoms. The Bertz CT molecular complexity index is 552. The summed E-state index contributed by atoms with van der Waals surface area (Å²) in [7, 11) is 0. The van der Waals surface area contributed by atoms with Gasteiger partial charge in [-0.25, -0.2) is 0 Å². The highest BCUT2D eigenvalue weighted by Crippen LogP contribution is 2.22. The van der Waals surface area contributed by atoms with Crippen LogP contribution in [0.15, 0.2) is 6.07 Å². The number of carbonyl (C=O) groups is 3. The monoisotopic (exact) mass is 324 g/mol. The Morgan fingerprint density at radius 3 is 2.36 bits per heavy atom. The molecule has 0 aliphatic carbocycles. The molecule has 1 heterocycles. The second-order valence-electron chi connectivity index (χ2n) is 5.11. The number of ketones is 1. The molecule has 22 heavy (non-hydrogen) atoms. The van der Waals surface area contributed by atoms with E-state index in [4.69, 9.17) is 0 Å². The number of carbonyl (C=O) groups excluding carboxylic acids is 3.